The molecule has 1 saturated heterocycles. The second kappa shape index (κ2) is 6.05. The van der Waals surface area contributed by atoms with Crippen molar-refractivity contribution in [1.29, 1.82) is 0 Å². The molecule has 0 aliphatic carbocycles. The van der Waals surface area contributed by atoms with Crippen molar-refractivity contribution in [3.63, 3.8) is 0 Å². The van der Waals surface area contributed by atoms with E-state index in [0.29, 0.717) is 13.2 Å². The maximum atomic E-state index is 11.9. The van der Waals surface area contributed by atoms with Gasteiger partial charge in [0.2, 0.25) is 0 Å². The molecule has 0 aromatic heterocycles. The molecule has 0 saturated carbocycles. The molecule has 0 N–H and O–H groups in total. The standard InChI is InChI=1S/C13H23NO3/c1-5-6-10-16-11-8-7-9-14(11)12(15)17-13(2,3)4/h5,11H,1,6-10H2,2-4H3. The Bertz CT molecular complexity index is 270. The van der Waals surface area contributed by atoms with Crippen molar-refractivity contribution in [2.75, 3.05) is 13.2 Å². The fourth-order valence-electron chi connectivity index (χ4n) is 1.73. The summed E-state index contributed by atoms with van der Waals surface area (Å²) in [5, 5.41) is 0. The van der Waals surface area contributed by atoms with E-state index in [1.165, 1.54) is 0 Å². The predicted molar refractivity (Wildman–Crippen MR) is 66.7 cm³/mol. The molecule has 4 nitrogen and oxygen atoms in total. The first-order valence-electron chi connectivity index (χ1n) is 6.16. The van der Waals surface area contributed by atoms with E-state index in [9.17, 15) is 4.79 Å². The first-order valence-corrected chi connectivity index (χ1v) is 6.16. The molecule has 0 aromatic rings. The molecule has 4 heteroatoms. The molecule has 1 unspecified atom stereocenters. The van der Waals surface area contributed by atoms with Crippen LogP contribution in [-0.2, 0) is 9.47 Å². The summed E-state index contributed by atoms with van der Waals surface area (Å²) in [6.07, 6.45) is 4.06. The van der Waals surface area contributed by atoms with E-state index in [-0.39, 0.29) is 12.3 Å². The van der Waals surface area contributed by atoms with Gasteiger partial charge in [-0.1, -0.05) is 6.08 Å². The Labute approximate surface area is 104 Å². The van der Waals surface area contributed by atoms with Gasteiger partial charge in [-0.2, -0.15) is 0 Å². The van der Waals surface area contributed by atoms with Gasteiger partial charge in [-0.3, -0.25) is 4.90 Å². The van der Waals surface area contributed by atoms with E-state index in [4.69, 9.17) is 9.47 Å². The van der Waals surface area contributed by atoms with Crippen molar-refractivity contribution in [2.45, 2.75) is 51.9 Å². The highest BCUT2D eigenvalue weighted by Crippen LogP contribution is 2.21. The molecule has 98 valence electrons. The molecular formula is C13H23NO3. The van der Waals surface area contributed by atoms with Crippen LogP contribution in [0.2, 0.25) is 0 Å². The SMILES string of the molecule is C=CCCOC1CCCN1C(=O)OC(C)(C)C. The first kappa shape index (κ1) is 14.0. The van der Waals surface area contributed by atoms with Crippen molar-refractivity contribution in [3.05, 3.63) is 12.7 Å². The number of likely N-dealkylation sites (tertiary alicyclic amines) is 1. The van der Waals surface area contributed by atoms with Crippen LogP contribution in [0.5, 0.6) is 0 Å². The lowest BCUT2D eigenvalue weighted by Gasteiger charge is -2.28. The van der Waals surface area contributed by atoms with Crippen LogP contribution in [0.15, 0.2) is 12.7 Å². The minimum Gasteiger partial charge on any atom is -0.444 e. The predicted octanol–water partition coefficient (Wildman–Crippen LogP) is 2.94. The monoisotopic (exact) mass is 241 g/mol. The fraction of sp³-hybridized carbons (Fsp3) is 0.769. The largest absolute Gasteiger partial charge is 0.444 e. The van der Waals surface area contributed by atoms with Gasteiger partial charge in [-0.05, 0) is 40.0 Å². The van der Waals surface area contributed by atoms with Gasteiger partial charge in [-0.25, -0.2) is 4.79 Å². The fourth-order valence-corrected chi connectivity index (χ4v) is 1.73. The molecule has 17 heavy (non-hydrogen) atoms. The number of hydrogen-bond donors (Lipinski definition) is 0. The van der Waals surface area contributed by atoms with E-state index in [2.05, 4.69) is 6.58 Å². The van der Waals surface area contributed by atoms with Crippen molar-refractivity contribution in [1.82, 2.24) is 4.90 Å². The van der Waals surface area contributed by atoms with Crippen molar-refractivity contribution >= 4 is 6.09 Å². The van der Waals surface area contributed by atoms with Crippen LogP contribution in [0, 0.1) is 0 Å². The lowest BCUT2D eigenvalue weighted by Crippen LogP contribution is -2.41. The Hall–Kier alpha value is -1.03. The summed E-state index contributed by atoms with van der Waals surface area (Å²) >= 11 is 0. The summed E-state index contributed by atoms with van der Waals surface area (Å²) in [7, 11) is 0. The van der Waals surface area contributed by atoms with Gasteiger partial charge in [0.1, 0.15) is 11.8 Å². The normalized spacial score (nSPS) is 20.4. The molecular weight excluding hydrogens is 218 g/mol. The van der Waals surface area contributed by atoms with Gasteiger partial charge in [-0.15, -0.1) is 6.58 Å². The number of ether oxygens (including phenoxy) is 2. The van der Waals surface area contributed by atoms with Gasteiger partial charge in [0, 0.05) is 6.54 Å². The van der Waals surface area contributed by atoms with Crippen LogP contribution in [0.25, 0.3) is 0 Å². The number of hydrogen-bond acceptors (Lipinski definition) is 3. The van der Waals surface area contributed by atoms with Gasteiger partial charge in [0.05, 0.1) is 6.61 Å². The van der Waals surface area contributed by atoms with Crippen LogP contribution < -0.4 is 0 Å². The smallest absolute Gasteiger partial charge is 0.412 e. The Balaban J connectivity index is 2.45. The van der Waals surface area contributed by atoms with Crippen LogP contribution in [0.4, 0.5) is 4.79 Å². The summed E-state index contributed by atoms with van der Waals surface area (Å²) in [4.78, 5) is 13.6. The molecule has 0 aromatic carbocycles. The number of rotatable bonds is 4. The Morgan fingerprint density at radius 3 is 2.82 bits per heavy atom. The van der Waals surface area contributed by atoms with E-state index < -0.39 is 5.60 Å². The van der Waals surface area contributed by atoms with Crippen molar-refractivity contribution < 1.29 is 14.3 Å². The Kier molecular flexibility index (Phi) is 5.00. The summed E-state index contributed by atoms with van der Waals surface area (Å²) < 4.78 is 11.0. The zero-order chi connectivity index (χ0) is 12.9. The second-order valence-corrected chi connectivity index (χ2v) is 5.22. The van der Waals surface area contributed by atoms with Gasteiger partial charge >= 0.3 is 6.09 Å². The van der Waals surface area contributed by atoms with E-state index >= 15 is 0 Å². The minimum atomic E-state index is -0.453. The lowest BCUT2D eigenvalue weighted by molar-refractivity contribution is -0.0475. The third kappa shape index (κ3) is 4.77. The number of carbonyl (C=O) groups excluding carboxylic acids is 1. The third-order valence-corrected chi connectivity index (χ3v) is 2.46. The quantitative estimate of drug-likeness (QED) is 0.561. The highest BCUT2D eigenvalue weighted by atomic mass is 16.6. The number of amides is 1. The highest BCUT2D eigenvalue weighted by molar-refractivity contribution is 5.68. The van der Waals surface area contributed by atoms with Gasteiger partial charge in [0.25, 0.3) is 0 Å². The topological polar surface area (TPSA) is 38.8 Å². The molecule has 1 aliphatic heterocycles. The highest BCUT2D eigenvalue weighted by Gasteiger charge is 2.32. The summed E-state index contributed by atoms with van der Waals surface area (Å²) in [6, 6.07) is 0. The molecule has 1 aliphatic rings. The molecule has 1 fully saturated rings. The molecule has 0 radical (unpaired) electrons. The van der Waals surface area contributed by atoms with E-state index in [1.54, 1.807) is 4.90 Å². The molecule has 1 rings (SSSR count). The zero-order valence-electron chi connectivity index (χ0n) is 11.1. The van der Waals surface area contributed by atoms with Gasteiger partial charge < -0.3 is 9.47 Å². The third-order valence-electron chi connectivity index (χ3n) is 2.46. The molecule has 1 atom stereocenters. The minimum absolute atomic E-state index is 0.134. The average Bonchev–Trinajstić information content (AvgIpc) is 2.64. The lowest BCUT2D eigenvalue weighted by atomic mass is 10.2. The van der Waals surface area contributed by atoms with E-state index in [1.807, 2.05) is 26.8 Å². The molecule has 1 amide bonds. The van der Waals surface area contributed by atoms with Gasteiger partial charge in [0.15, 0.2) is 0 Å². The van der Waals surface area contributed by atoms with Crippen LogP contribution in [0.3, 0.4) is 0 Å². The van der Waals surface area contributed by atoms with Crippen molar-refractivity contribution in [3.8, 4) is 0 Å². The summed E-state index contributed by atoms with van der Waals surface area (Å²) in [5.74, 6) is 0. The number of nitrogens with zero attached hydrogens (tertiary/aromatic N) is 1. The maximum absolute atomic E-state index is 11.9. The number of carbonyl (C=O) groups is 1. The Morgan fingerprint density at radius 1 is 1.53 bits per heavy atom. The molecule has 1 heterocycles. The average molecular weight is 241 g/mol. The van der Waals surface area contributed by atoms with Crippen LogP contribution in [-0.4, -0.2) is 36.0 Å². The molecule has 0 spiro atoms. The maximum Gasteiger partial charge on any atom is 0.412 e. The first-order chi connectivity index (χ1) is 7.94. The van der Waals surface area contributed by atoms with Crippen LogP contribution in [0.1, 0.15) is 40.0 Å². The summed E-state index contributed by atoms with van der Waals surface area (Å²) in [5.41, 5.74) is -0.453. The van der Waals surface area contributed by atoms with Crippen LogP contribution >= 0.6 is 0 Å². The molecule has 0 bridgehead atoms. The summed E-state index contributed by atoms with van der Waals surface area (Å²) in [6.45, 7) is 10.6. The zero-order valence-corrected chi connectivity index (χ0v) is 11.1. The second-order valence-electron chi connectivity index (χ2n) is 5.22. The Morgan fingerprint density at radius 2 is 2.24 bits per heavy atom. The van der Waals surface area contributed by atoms with Crippen molar-refractivity contribution in [2.24, 2.45) is 0 Å². The van der Waals surface area contributed by atoms with E-state index in [0.717, 1.165) is 19.3 Å².